The largest absolute Gasteiger partial charge is 0.339 e. The van der Waals surface area contributed by atoms with Crippen LogP contribution in [-0.2, 0) is 4.79 Å². The molecule has 3 heterocycles. The topological polar surface area (TPSA) is 59.2 Å². The lowest BCUT2D eigenvalue weighted by molar-refractivity contribution is -0.128. The van der Waals surface area contributed by atoms with Crippen molar-refractivity contribution in [3.63, 3.8) is 0 Å². The zero-order valence-corrected chi connectivity index (χ0v) is 11.1. The van der Waals surface area contributed by atoms with Crippen molar-refractivity contribution in [2.24, 2.45) is 0 Å². The van der Waals surface area contributed by atoms with E-state index < -0.39 is 0 Å². The molecule has 5 nitrogen and oxygen atoms in total. The van der Waals surface area contributed by atoms with Crippen molar-refractivity contribution >= 4 is 17.2 Å². The van der Waals surface area contributed by atoms with Crippen molar-refractivity contribution in [2.45, 2.75) is 31.2 Å². The number of amides is 1. The minimum Gasteiger partial charge on any atom is -0.339 e. The van der Waals surface area contributed by atoms with E-state index in [9.17, 15) is 4.79 Å². The number of aromatic nitrogens is 2. The predicted molar refractivity (Wildman–Crippen MR) is 69.7 cm³/mol. The molecule has 1 saturated heterocycles. The molecule has 2 aromatic heterocycles. The van der Waals surface area contributed by atoms with Crippen LogP contribution in [0.2, 0.25) is 0 Å². The van der Waals surface area contributed by atoms with Gasteiger partial charge in [-0.3, -0.25) is 4.79 Å². The first kappa shape index (κ1) is 11.2. The maximum Gasteiger partial charge on any atom is 0.232 e. The van der Waals surface area contributed by atoms with Gasteiger partial charge in [0, 0.05) is 30.0 Å². The second kappa shape index (κ2) is 4.16. The van der Waals surface area contributed by atoms with E-state index in [0.717, 1.165) is 24.9 Å². The highest BCUT2D eigenvalue weighted by Crippen LogP contribution is 2.36. The normalized spacial score (nSPS) is 23.3. The van der Waals surface area contributed by atoms with Gasteiger partial charge in [-0.1, -0.05) is 5.16 Å². The highest BCUT2D eigenvalue weighted by molar-refractivity contribution is 7.08. The van der Waals surface area contributed by atoms with Gasteiger partial charge in [0.15, 0.2) is 0 Å². The van der Waals surface area contributed by atoms with Crippen molar-refractivity contribution < 1.29 is 9.32 Å². The van der Waals surface area contributed by atoms with Crippen LogP contribution in [0.3, 0.4) is 0 Å². The number of hydrogen-bond donors (Lipinski definition) is 0. The first-order valence-corrected chi connectivity index (χ1v) is 7.41. The molecule has 0 spiro atoms. The van der Waals surface area contributed by atoms with Crippen molar-refractivity contribution in [2.75, 3.05) is 6.54 Å². The summed E-state index contributed by atoms with van der Waals surface area (Å²) in [6.07, 6.45) is 2.78. The minimum atomic E-state index is 0.0629. The summed E-state index contributed by atoms with van der Waals surface area (Å²) in [6.45, 7) is 0.731. The highest BCUT2D eigenvalue weighted by atomic mass is 32.1. The van der Waals surface area contributed by atoms with E-state index in [1.165, 1.54) is 0 Å². The molecule has 1 atom stereocenters. The molecule has 0 bridgehead atoms. The zero-order valence-electron chi connectivity index (χ0n) is 10.3. The maximum absolute atomic E-state index is 11.9. The Hall–Kier alpha value is -1.69. The second-order valence-corrected chi connectivity index (χ2v) is 5.93. The Morgan fingerprint density at radius 2 is 2.32 bits per heavy atom. The standard InChI is InChI=1S/C13H13N3O2S/c17-11-5-9(6-16(11)10-1-2-10)13-14-12(15-18-13)8-3-4-19-7-8/h3-4,7,9-10H,1-2,5-6H2/t9-/m0/s1. The molecule has 1 saturated carbocycles. The molecule has 4 rings (SSSR count). The summed E-state index contributed by atoms with van der Waals surface area (Å²) in [7, 11) is 0. The molecule has 0 N–H and O–H groups in total. The SMILES string of the molecule is O=C1C[C@H](c2nc(-c3ccsc3)no2)CN1C1CC1. The Kier molecular flexibility index (Phi) is 2.44. The van der Waals surface area contributed by atoms with Gasteiger partial charge in [-0.05, 0) is 24.3 Å². The summed E-state index contributed by atoms with van der Waals surface area (Å²) in [5.41, 5.74) is 0.975. The lowest BCUT2D eigenvalue weighted by Gasteiger charge is -2.13. The number of carbonyl (C=O) groups excluding carboxylic acids is 1. The van der Waals surface area contributed by atoms with Crippen molar-refractivity contribution in [1.29, 1.82) is 0 Å². The fourth-order valence-electron chi connectivity index (χ4n) is 2.55. The predicted octanol–water partition coefficient (Wildman–Crippen LogP) is 2.28. The quantitative estimate of drug-likeness (QED) is 0.862. The third-order valence-electron chi connectivity index (χ3n) is 3.72. The highest BCUT2D eigenvalue weighted by Gasteiger charge is 2.41. The van der Waals surface area contributed by atoms with Crippen LogP contribution < -0.4 is 0 Å². The van der Waals surface area contributed by atoms with E-state index in [-0.39, 0.29) is 11.8 Å². The van der Waals surface area contributed by atoms with Gasteiger partial charge in [0.1, 0.15) is 0 Å². The van der Waals surface area contributed by atoms with Gasteiger partial charge in [0.25, 0.3) is 0 Å². The lowest BCUT2D eigenvalue weighted by atomic mass is 10.1. The summed E-state index contributed by atoms with van der Waals surface area (Å²) in [4.78, 5) is 18.3. The number of nitrogens with zero attached hydrogens (tertiary/aromatic N) is 3. The molecule has 0 unspecified atom stereocenters. The first-order chi connectivity index (χ1) is 9.31. The number of likely N-dealkylation sites (tertiary alicyclic amines) is 1. The molecule has 2 fully saturated rings. The van der Waals surface area contributed by atoms with Crippen LogP contribution in [0.1, 0.15) is 31.1 Å². The van der Waals surface area contributed by atoms with Crippen molar-refractivity contribution in [3.8, 4) is 11.4 Å². The third-order valence-corrected chi connectivity index (χ3v) is 4.40. The van der Waals surface area contributed by atoms with Crippen molar-refractivity contribution in [1.82, 2.24) is 15.0 Å². The van der Waals surface area contributed by atoms with Crippen LogP contribution in [0.4, 0.5) is 0 Å². The van der Waals surface area contributed by atoms with Crippen LogP contribution in [0, 0.1) is 0 Å². The summed E-state index contributed by atoms with van der Waals surface area (Å²) in [5, 5.41) is 7.98. The molecule has 1 amide bonds. The Bertz CT molecular complexity index is 603. The number of thiophene rings is 1. The molecule has 0 aromatic carbocycles. The third kappa shape index (κ3) is 1.96. The van der Waals surface area contributed by atoms with Gasteiger partial charge < -0.3 is 9.42 Å². The van der Waals surface area contributed by atoms with E-state index in [1.54, 1.807) is 11.3 Å². The smallest absolute Gasteiger partial charge is 0.232 e. The molecule has 6 heteroatoms. The molecule has 19 heavy (non-hydrogen) atoms. The lowest BCUT2D eigenvalue weighted by Crippen LogP contribution is -2.27. The monoisotopic (exact) mass is 275 g/mol. The fraction of sp³-hybridized carbons (Fsp3) is 0.462. The number of rotatable bonds is 3. The first-order valence-electron chi connectivity index (χ1n) is 6.47. The van der Waals surface area contributed by atoms with Gasteiger partial charge in [-0.15, -0.1) is 0 Å². The Labute approximate surface area is 114 Å². The summed E-state index contributed by atoms with van der Waals surface area (Å²) in [5.74, 6) is 1.50. The van der Waals surface area contributed by atoms with Crippen LogP contribution in [0.25, 0.3) is 11.4 Å². The molecule has 2 aromatic rings. The van der Waals surface area contributed by atoms with Crippen LogP contribution in [-0.4, -0.2) is 33.5 Å². The van der Waals surface area contributed by atoms with E-state index in [1.807, 2.05) is 21.7 Å². The summed E-state index contributed by atoms with van der Waals surface area (Å²) < 4.78 is 5.33. The number of hydrogen-bond acceptors (Lipinski definition) is 5. The van der Waals surface area contributed by atoms with Crippen LogP contribution in [0.15, 0.2) is 21.3 Å². The van der Waals surface area contributed by atoms with Crippen molar-refractivity contribution in [3.05, 3.63) is 22.7 Å². The minimum absolute atomic E-state index is 0.0629. The maximum atomic E-state index is 11.9. The average Bonchev–Trinajstić information content (AvgIpc) is 2.88. The Balaban J connectivity index is 1.55. The van der Waals surface area contributed by atoms with E-state index >= 15 is 0 Å². The molecule has 0 radical (unpaired) electrons. The van der Waals surface area contributed by atoms with Crippen LogP contribution >= 0.6 is 11.3 Å². The van der Waals surface area contributed by atoms with Gasteiger partial charge in [-0.2, -0.15) is 16.3 Å². The molecule has 1 aliphatic heterocycles. The number of carbonyl (C=O) groups is 1. The van der Waals surface area contributed by atoms with Gasteiger partial charge in [0.05, 0.1) is 5.92 Å². The van der Waals surface area contributed by atoms with E-state index in [4.69, 9.17) is 4.52 Å². The summed E-state index contributed by atoms with van der Waals surface area (Å²) >= 11 is 1.60. The molecular formula is C13H13N3O2S. The Morgan fingerprint density at radius 3 is 3.05 bits per heavy atom. The molecule has 98 valence electrons. The Morgan fingerprint density at radius 1 is 1.42 bits per heavy atom. The fourth-order valence-corrected chi connectivity index (χ4v) is 3.18. The van der Waals surface area contributed by atoms with E-state index in [2.05, 4.69) is 10.1 Å². The van der Waals surface area contributed by atoms with Gasteiger partial charge in [0.2, 0.25) is 17.6 Å². The zero-order chi connectivity index (χ0) is 12.8. The molecular weight excluding hydrogens is 262 g/mol. The van der Waals surface area contributed by atoms with Gasteiger partial charge in [-0.25, -0.2) is 0 Å². The van der Waals surface area contributed by atoms with Gasteiger partial charge >= 0.3 is 0 Å². The second-order valence-electron chi connectivity index (χ2n) is 5.15. The average molecular weight is 275 g/mol. The molecule has 2 aliphatic rings. The summed E-state index contributed by atoms with van der Waals surface area (Å²) in [6, 6.07) is 2.44. The van der Waals surface area contributed by atoms with E-state index in [0.29, 0.717) is 24.2 Å². The van der Waals surface area contributed by atoms with Crippen LogP contribution in [0.5, 0.6) is 0 Å². The molecule has 1 aliphatic carbocycles.